The highest BCUT2D eigenvalue weighted by Gasteiger charge is 2.12. The predicted octanol–water partition coefficient (Wildman–Crippen LogP) is 4.18. The van der Waals surface area contributed by atoms with Crippen molar-refractivity contribution in [2.75, 3.05) is 5.32 Å². The Balaban J connectivity index is 2.20. The van der Waals surface area contributed by atoms with Crippen LogP contribution in [0.15, 0.2) is 30.3 Å². The summed E-state index contributed by atoms with van der Waals surface area (Å²) in [6.07, 6.45) is 0. The van der Waals surface area contributed by atoms with E-state index in [9.17, 15) is 4.79 Å². The molecule has 2 aromatic rings. The van der Waals surface area contributed by atoms with E-state index < -0.39 is 0 Å². The molecular formula is C11H7Cl2IN2O. The van der Waals surface area contributed by atoms with Crippen LogP contribution in [0.3, 0.4) is 0 Å². The summed E-state index contributed by atoms with van der Waals surface area (Å²) in [5.74, 6) is -0.275. The van der Waals surface area contributed by atoms with Crippen molar-refractivity contribution < 1.29 is 4.79 Å². The fourth-order valence-electron chi connectivity index (χ4n) is 1.28. The fourth-order valence-corrected chi connectivity index (χ4v) is 2.11. The van der Waals surface area contributed by atoms with E-state index in [1.54, 1.807) is 0 Å². The van der Waals surface area contributed by atoms with Crippen molar-refractivity contribution in [3.63, 3.8) is 0 Å². The molecule has 0 atom stereocenters. The Morgan fingerprint density at radius 3 is 2.59 bits per heavy atom. The van der Waals surface area contributed by atoms with Crippen LogP contribution in [-0.2, 0) is 0 Å². The van der Waals surface area contributed by atoms with Crippen LogP contribution in [0, 0.1) is 3.57 Å². The van der Waals surface area contributed by atoms with Crippen molar-refractivity contribution in [3.05, 3.63) is 49.8 Å². The maximum Gasteiger partial charge on any atom is 0.272 e. The number of aromatic amines is 1. The number of halogens is 3. The molecule has 0 radical (unpaired) electrons. The van der Waals surface area contributed by atoms with E-state index in [0.717, 1.165) is 9.26 Å². The molecule has 3 nitrogen and oxygen atoms in total. The van der Waals surface area contributed by atoms with Crippen molar-refractivity contribution in [2.45, 2.75) is 0 Å². The minimum Gasteiger partial charge on any atom is -0.340 e. The molecule has 0 saturated carbocycles. The molecule has 1 amide bonds. The highest BCUT2D eigenvalue weighted by molar-refractivity contribution is 14.1. The Morgan fingerprint density at radius 2 is 2.00 bits per heavy atom. The number of amides is 1. The Hall–Kier alpha value is -0.720. The number of aromatic nitrogens is 1. The number of para-hydroxylation sites is 1. The summed E-state index contributed by atoms with van der Waals surface area (Å²) in [5, 5.41) is 3.37. The van der Waals surface area contributed by atoms with Gasteiger partial charge < -0.3 is 10.3 Å². The highest BCUT2D eigenvalue weighted by atomic mass is 127. The number of hydrogen-bond donors (Lipinski definition) is 2. The number of H-pyrrole nitrogens is 1. The van der Waals surface area contributed by atoms with Crippen LogP contribution in [-0.4, -0.2) is 10.9 Å². The van der Waals surface area contributed by atoms with Crippen LogP contribution >= 0.6 is 45.8 Å². The van der Waals surface area contributed by atoms with Gasteiger partial charge in [-0.05, 0) is 40.8 Å². The highest BCUT2D eigenvalue weighted by Crippen LogP contribution is 2.23. The number of carbonyl (C=O) groups excluding carboxylic acids is 1. The quantitative estimate of drug-likeness (QED) is 0.754. The molecule has 1 aromatic heterocycles. The lowest BCUT2D eigenvalue weighted by Gasteiger charge is -2.05. The maximum absolute atomic E-state index is 11.9. The zero-order valence-electron chi connectivity index (χ0n) is 8.43. The minimum atomic E-state index is -0.275. The van der Waals surface area contributed by atoms with Gasteiger partial charge >= 0.3 is 0 Å². The predicted molar refractivity (Wildman–Crippen MR) is 77.9 cm³/mol. The molecule has 2 rings (SSSR count). The van der Waals surface area contributed by atoms with E-state index in [1.165, 1.54) is 6.07 Å². The van der Waals surface area contributed by atoms with E-state index >= 15 is 0 Å². The normalized spacial score (nSPS) is 10.3. The van der Waals surface area contributed by atoms with E-state index in [2.05, 4.69) is 32.9 Å². The number of rotatable bonds is 2. The average molecular weight is 381 g/mol. The molecule has 0 unspecified atom stereocenters. The molecular weight excluding hydrogens is 374 g/mol. The largest absolute Gasteiger partial charge is 0.340 e. The van der Waals surface area contributed by atoms with Crippen molar-refractivity contribution in [1.29, 1.82) is 0 Å². The van der Waals surface area contributed by atoms with Gasteiger partial charge in [0.1, 0.15) is 10.8 Å². The summed E-state index contributed by atoms with van der Waals surface area (Å²) >= 11 is 13.6. The molecule has 0 fully saturated rings. The molecule has 0 aliphatic carbocycles. The van der Waals surface area contributed by atoms with Crippen LogP contribution in [0.5, 0.6) is 0 Å². The van der Waals surface area contributed by atoms with E-state index in [-0.39, 0.29) is 11.1 Å². The molecule has 1 heterocycles. The Labute approximate surface area is 122 Å². The first-order valence-electron chi connectivity index (χ1n) is 4.68. The van der Waals surface area contributed by atoms with Gasteiger partial charge in [-0.25, -0.2) is 0 Å². The Bertz CT molecular complexity index is 549. The summed E-state index contributed by atoms with van der Waals surface area (Å²) in [5.41, 5.74) is 1.08. The molecule has 88 valence electrons. The summed E-state index contributed by atoms with van der Waals surface area (Å²) in [6.45, 7) is 0. The van der Waals surface area contributed by atoms with Crippen LogP contribution in [0.2, 0.25) is 10.2 Å². The lowest BCUT2D eigenvalue weighted by molar-refractivity contribution is 0.102. The van der Waals surface area contributed by atoms with Gasteiger partial charge in [0.25, 0.3) is 5.91 Å². The molecule has 0 saturated heterocycles. The van der Waals surface area contributed by atoms with Crippen molar-refractivity contribution in [3.8, 4) is 0 Å². The fraction of sp³-hybridized carbons (Fsp3) is 0. The Morgan fingerprint density at radius 1 is 1.29 bits per heavy atom. The maximum atomic E-state index is 11.9. The smallest absolute Gasteiger partial charge is 0.272 e. The van der Waals surface area contributed by atoms with Gasteiger partial charge in [-0.2, -0.15) is 0 Å². The number of anilines is 1. The van der Waals surface area contributed by atoms with Crippen molar-refractivity contribution in [2.24, 2.45) is 0 Å². The second kappa shape index (κ2) is 5.29. The van der Waals surface area contributed by atoms with Crippen molar-refractivity contribution >= 4 is 57.4 Å². The van der Waals surface area contributed by atoms with Crippen molar-refractivity contribution in [1.82, 2.24) is 4.98 Å². The average Bonchev–Trinajstić information content (AvgIpc) is 2.63. The number of benzene rings is 1. The number of hydrogen-bond acceptors (Lipinski definition) is 1. The molecule has 0 bridgehead atoms. The lowest BCUT2D eigenvalue weighted by atomic mass is 10.3. The number of carbonyl (C=O) groups is 1. The summed E-state index contributed by atoms with van der Waals surface area (Å²) in [6, 6.07) is 8.98. The minimum absolute atomic E-state index is 0.263. The zero-order valence-corrected chi connectivity index (χ0v) is 12.1. The van der Waals surface area contributed by atoms with Gasteiger partial charge in [0.05, 0.1) is 10.7 Å². The molecule has 0 spiro atoms. The first-order chi connectivity index (χ1) is 8.08. The van der Waals surface area contributed by atoms with Gasteiger partial charge in [-0.3, -0.25) is 4.79 Å². The van der Waals surface area contributed by atoms with Gasteiger partial charge in [0, 0.05) is 3.57 Å². The van der Waals surface area contributed by atoms with Crippen LogP contribution in [0.25, 0.3) is 0 Å². The second-order valence-corrected chi connectivity index (χ2v) is 5.23. The van der Waals surface area contributed by atoms with Crippen LogP contribution in [0.1, 0.15) is 10.5 Å². The van der Waals surface area contributed by atoms with Gasteiger partial charge in [0.2, 0.25) is 0 Å². The van der Waals surface area contributed by atoms with Gasteiger partial charge in [0.15, 0.2) is 0 Å². The molecule has 1 aromatic carbocycles. The molecule has 17 heavy (non-hydrogen) atoms. The third kappa shape index (κ3) is 2.94. The monoisotopic (exact) mass is 380 g/mol. The number of nitrogens with one attached hydrogen (secondary N) is 2. The summed E-state index contributed by atoms with van der Waals surface area (Å²) < 4.78 is 0.960. The van der Waals surface area contributed by atoms with Crippen LogP contribution < -0.4 is 5.32 Å². The Kier molecular flexibility index (Phi) is 3.96. The van der Waals surface area contributed by atoms with E-state index in [4.69, 9.17) is 23.2 Å². The van der Waals surface area contributed by atoms with E-state index in [0.29, 0.717) is 10.7 Å². The van der Waals surface area contributed by atoms with Crippen LogP contribution in [0.4, 0.5) is 5.69 Å². The third-order valence-corrected chi connectivity index (χ3v) is 3.73. The second-order valence-electron chi connectivity index (χ2n) is 3.28. The molecule has 2 N–H and O–H groups in total. The standard InChI is InChI=1S/C11H7Cl2IN2O/c12-6-5-9(15-10(6)13)11(17)16-8-4-2-1-3-7(8)14/h1-5,15H,(H,16,17). The first kappa shape index (κ1) is 12.7. The molecule has 6 heteroatoms. The third-order valence-electron chi connectivity index (χ3n) is 2.09. The zero-order chi connectivity index (χ0) is 12.4. The van der Waals surface area contributed by atoms with Gasteiger partial charge in [-0.1, -0.05) is 35.3 Å². The molecule has 0 aliphatic heterocycles. The topological polar surface area (TPSA) is 44.9 Å². The summed E-state index contributed by atoms with van der Waals surface area (Å²) in [4.78, 5) is 14.6. The molecule has 0 aliphatic rings. The van der Waals surface area contributed by atoms with E-state index in [1.807, 2.05) is 24.3 Å². The summed E-state index contributed by atoms with van der Waals surface area (Å²) in [7, 11) is 0. The lowest BCUT2D eigenvalue weighted by Crippen LogP contribution is -2.13. The first-order valence-corrected chi connectivity index (χ1v) is 6.51. The van der Waals surface area contributed by atoms with Gasteiger partial charge in [-0.15, -0.1) is 0 Å². The SMILES string of the molecule is O=C(Nc1ccccc1I)c1cc(Cl)c(Cl)[nH]1.